The Morgan fingerprint density at radius 1 is 1.47 bits per heavy atom. The summed E-state index contributed by atoms with van der Waals surface area (Å²) in [6, 6.07) is 1.58. The molecule has 0 amide bonds. The van der Waals surface area contributed by atoms with Gasteiger partial charge in [0.15, 0.2) is 5.65 Å². The molecule has 0 unspecified atom stereocenters. The molecule has 92 valence electrons. The van der Waals surface area contributed by atoms with Crippen LogP contribution < -0.4 is 5.73 Å². The lowest BCUT2D eigenvalue weighted by Gasteiger charge is -2.04. The highest BCUT2D eigenvalue weighted by Crippen LogP contribution is 2.19. The van der Waals surface area contributed by atoms with Crippen molar-refractivity contribution in [2.45, 2.75) is 13.8 Å². The fraction of sp³-hybridized carbons (Fsp3) is 0.273. The van der Waals surface area contributed by atoms with E-state index in [1.165, 1.54) is 7.11 Å². The van der Waals surface area contributed by atoms with E-state index < -0.39 is 5.97 Å². The minimum Gasteiger partial charge on any atom is -0.465 e. The van der Waals surface area contributed by atoms with Crippen LogP contribution in [0.3, 0.4) is 0 Å². The molecule has 2 aromatic rings. The van der Waals surface area contributed by atoms with Crippen molar-refractivity contribution >= 4 is 34.3 Å². The number of rotatable bonds is 1. The highest BCUT2D eigenvalue weighted by Gasteiger charge is 2.12. The topological polar surface area (TPSA) is 69.6 Å². The van der Waals surface area contributed by atoms with Crippen LogP contribution in [-0.4, -0.2) is 22.5 Å². The Kier molecular flexibility index (Phi) is 3.77. The quantitative estimate of drug-likeness (QED) is 0.817. The third-order valence-corrected chi connectivity index (χ3v) is 2.65. The molecule has 0 bridgehead atoms. The van der Waals surface area contributed by atoms with Gasteiger partial charge in [-0.25, -0.2) is 9.78 Å². The number of hydrogen-bond donors (Lipinski definition) is 1. The van der Waals surface area contributed by atoms with E-state index in [1.54, 1.807) is 16.7 Å². The van der Waals surface area contributed by atoms with Gasteiger partial charge in [-0.1, -0.05) is 0 Å². The van der Waals surface area contributed by atoms with Crippen molar-refractivity contribution in [2.24, 2.45) is 0 Å². The van der Waals surface area contributed by atoms with Crippen molar-refractivity contribution in [3.8, 4) is 0 Å². The van der Waals surface area contributed by atoms with Crippen molar-refractivity contribution in [3.63, 3.8) is 0 Å². The van der Waals surface area contributed by atoms with Gasteiger partial charge in [-0.05, 0) is 19.9 Å². The second-order valence-corrected chi connectivity index (χ2v) is 3.65. The average Bonchev–Trinajstić information content (AvgIpc) is 2.56. The van der Waals surface area contributed by atoms with Gasteiger partial charge in [-0.15, -0.1) is 17.0 Å². The lowest BCUT2D eigenvalue weighted by atomic mass is 10.2. The first-order chi connectivity index (χ1) is 7.54. The van der Waals surface area contributed by atoms with E-state index in [4.69, 9.17) is 5.73 Å². The van der Waals surface area contributed by atoms with Crippen LogP contribution in [0.4, 0.5) is 5.69 Å². The van der Waals surface area contributed by atoms with Crippen molar-refractivity contribution < 1.29 is 9.53 Å². The third kappa shape index (κ3) is 2.12. The molecular formula is C11H14BrN3O2. The number of carbonyl (C=O) groups excluding carboxylic acids is 1. The number of hydrogen-bond acceptors (Lipinski definition) is 4. The number of ether oxygens (including phenoxy) is 1. The molecule has 2 aromatic heterocycles. The molecule has 0 aliphatic carbocycles. The molecule has 5 nitrogen and oxygen atoms in total. The fourth-order valence-electron chi connectivity index (χ4n) is 1.63. The number of nitrogens with two attached hydrogens (primary N) is 1. The smallest absolute Gasteiger partial charge is 0.339 e. The SMILES string of the molecule is Br.COC(=O)c1cc(N)c2nc(C)c(C)n2c1. The van der Waals surface area contributed by atoms with Gasteiger partial charge in [0.2, 0.25) is 0 Å². The Labute approximate surface area is 109 Å². The monoisotopic (exact) mass is 299 g/mol. The largest absolute Gasteiger partial charge is 0.465 e. The van der Waals surface area contributed by atoms with Crippen LogP contribution in [0.15, 0.2) is 12.3 Å². The number of aromatic nitrogens is 2. The van der Waals surface area contributed by atoms with Gasteiger partial charge in [-0.3, -0.25) is 0 Å². The first-order valence-electron chi connectivity index (χ1n) is 4.87. The summed E-state index contributed by atoms with van der Waals surface area (Å²) in [6.07, 6.45) is 1.69. The zero-order chi connectivity index (χ0) is 11.9. The third-order valence-electron chi connectivity index (χ3n) is 2.65. The molecule has 0 atom stereocenters. The van der Waals surface area contributed by atoms with Crippen molar-refractivity contribution in [3.05, 3.63) is 29.2 Å². The Bertz CT molecular complexity index is 578. The first-order valence-corrected chi connectivity index (χ1v) is 4.87. The fourth-order valence-corrected chi connectivity index (χ4v) is 1.63. The van der Waals surface area contributed by atoms with E-state index in [0.29, 0.717) is 16.9 Å². The highest BCUT2D eigenvalue weighted by molar-refractivity contribution is 8.93. The Morgan fingerprint density at radius 3 is 2.71 bits per heavy atom. The molecule has 0 radical (unpaired) electrons. The average molecular weight is 300 g/mol. The minimum atomic E-state index is -0.403. The summed E-state index contributed by atoms with van der Waals surface area (Å²) in [4.78, 5) is 15.7. The van der Waals surface area contributed by atoms with Gasteiger partial charge >= 0.3 is 5.97 Å². The van der Waals surface area contributed by atoms with Crippen LogP contribution in [0.1, 0.15) is 21.7 Å². The van der Waals surface area contributed by atoms with Crippen molar-refractivity contribution in [2.75, 3.05) is 12.8 Å². The summed E-state index contributed by atoms with van der Waals surface area (Å²) in [6.45, 7) is 3.83. The number of carbonyl (C=O) groups is 1. The zero-order valence-electron chi connectivity index (χ0n) is 9.85. The summed E-state index contributed by atoms with van der Waals surface area (Å²) in [5, 5.41) is 0. The molecule has 2 N–H and O–H groups in total. The van der Waals surface area contributed by atoms with E-state index in [2.05, 4.69) is 9.72 Å². The predicted molar refractivity (Wildman–Crippen MR) is 70.7 cm³/mol. The van der Waals surface area contributed by atoms with Crippen molar-refractivity contribution in [1.82, 2.24) is 9.38 Å². The Hall–Kier alpha value is -1.56. The standard InChI is InChI=1S/C11H13N3O2.BrH/c1-6-7(2)14-5-8(11(15)16-3)4-9(12)10(14)13-6;/h4-5H,12H2,1-3H3;1H. The second-order valence-electron chi connectivity index (χ2n) is 3.65. The zero-order valence-corrected chi connectivity index (χ0v) is 11.6. The van der Waals surface area contributed by atoms with Gasteiger partial charge in [0.05, 0.1) is 24.1 Å². The van der Waals surface area contributed by atoms with E-state index in [-0.39, 0.29) is 17.0 Å². The van der Waals surface area contributed by atoms with Crippen LogP contribution in [0.5, 0.6) is 0 Å². The van der Waals surface area contributed by atoms with Crippen LogP contribution in [0.25, 0.3) is 5.65 Å². The second kappa shape index (κ2) is 4.75. The van der Waals surface area contributed by atoms with Gasteiger partial charge in [-0.2, -0.15) is 0 Å². The molecule has 0 aliphatic heterocycles. The van der Waals surface area contributed by atoms with E-state index in [1.807, 2.05) is 13.8 Å². The van der Waals surface area contributed by atoms with E-state index in [9.17, 15) is 4.79 Å². The number of halogens is 1. The van der Waals surface area contributed by atoms with Gasteiger partial charge in [0.25, 0.3) is 0 Å². The molecule has 17 heavy (non-hydrogen) atoms. The number of anilines is 1. The molecule has 0 aliphatic rings. The van der Waals surface area contributed by atoms with Gasteiger partial charge in [0.1, 0.15) is 0 Å². The number of esters is 1. The molecular weight excluding hydrogens is 286 g/mol. The summed E-state index contributed by atoms with van der Waals surface area (Å²) in [5.74, 6) is -0.403. The van der Waals surface area contributed by atoms with Crippen LogP contribution in [0, 0.1) is 13.8 Å². The maximum absolute atomic E-state index is 11.4. The molecule has 2 rings (SSSR count). The Morgan fingerprint density at radius 2 is 2.12 bits per heavy atom. The molecule has 0 saturated carbocycles. The normalized spacial score (nSPS) is 10.1. The number of fused-ring (bicyclic) bond motifs is 1. The summed E-state index contributed by atoms with van der Waals surface area (Å²) >= 11 is 0. The van der Waals surface area contributed by atoms with E-state index in [0.717, 1.165) is 11.4 Å². The van der Waals surface area contributed by atoms with Gasteiger partial charge in [0, 0.05) is 11.9 Å². The molecule has 0 spiro atoms. The predicted octanol–water partition coefficient (Wildman–Crippen LogP) is 1.90. The first kappa shape index (κ1) is 13.5. The number of nitrogen functional groups attached to an aromatic ring is 1. The maximum atomic E-state index is 11.4. The highest BCUT2D eigenvalue weighted by atomic mass is 79.9. The summed E-state index contributed by atoms with van der Waals surface area (Å²) in [5.41, 5.74) is 9.27. The lowest BCUT2D eigenvalue weighted by Crippen LogP contribution is -2.05. The Balaban J connectivity index is 0.00000144. The number of nitrogens with zero attached hydrogens (tertiary/aromatic N) is 2. The van der Waals surface area contributed by atoms with E-state index >= 15 is 0 Å². The minimum absolute atomic E-state index is 0. The number of imidazole rings is 1. The molecule has 6 heteroatoms. The lowest BCUT2D eigenvalue weighted by molar-refractivity contribution is 0.0600. The molecule has 2 heterocycles. The van der Waals surface area contributed by atoms with Crippen LogP contribution >= 0.6 is 17.0 Å². The number of methoxy groups -OCH3 is 1. The van der Waals surface area contributed by atoms with Crippen molar-refractivity contribution in [1.29, 1.82) is 0 Å². The molecule has 0 saturated heterocycles. The van der Waals surface area contributed by atoms with Crippen LogP contribution in [-0.2, 0) is 4.74 Å². The number of aryl methyl sites for hydroxylation is 2. The van der Waals surface area contributed by atoms with Crippen LogP contribution in [0.2, 0.25) is 0 Å². The molecule has 0 aromatic carbocycles. The number of pyridine rings is 1. The maximum Gasteiger partial charge on any atom is 0.339 e. The summed E-state index contributed by atoms with van der Waals surface area (Å²) in [7, 11) is 1.34. The van der Waals surface area contributed by atoms with Gasteiger partial charge < -0.3 is 14.9 Å². The molecule has 0 fully saturated rings. The summed E-state index contributed by atoms with van der Waals surface area (Å²) < 4.78 is 6.46.